The van der Waals surface area contributed by atoms with Crippen LogP contribution in [0.4, 0.5) is 10.1 Å². The molecule has 17 heavy (non-hydrogen) atoms. The van der Waals surface area contributed by atoms with Crippen molar-refractivity contribution >= 4 is 56.2 Å². The fourth-order valence-corrected chi connectivity index (χ4v) is 3.26. The normalized spacial score (nSPS) is 10.6. The Morgan fingerprint density at radius 2 is 2.06 bits per heavy atom. The van der Waals surface area contributed by atoms with Gasteiger partial charge in [0.15, 0.2) is 0 Å². The molecule has 0 aliphatic heterocycles. The maximum absolute atomic E-state index is 12.8. The molecule has 1 heterocycles. The summed E-state index contributed by atoms with van der Waals surface area (Å²) in [5.41, 5.74) is 0.703. The molecule has 0 saturated heterocycles. The monoisotopic (exact) mass is 353 g/mol. The number of nitrogens with one attached hydrogen (secondary N) is 1. The minimum Gasteiger partial charge on any atom is -0.379 e. The highest BCUT2D eigenvalue weighted by Crippen LogP contribution is 2.32. The van der Waals surface area contributed by atoms with E-state index in [1.807, 2.05) is 6.07 Å². The molecule has 1 aromatic carbocycles. The molecule has 0 amide bonds. The summed E-state index contributed by atoms with van der Waals surface area (Å²) in [6.07, 6.45) is 0. The van der Waals surface area contributed by atoms with Crippen molar-refractivity contribution in [2.75, 3.05) is 5.32 Å². The van der Waals surface area contributed by atoms with E-state index in [1.165, 1.54) is 23.5 Å². The summed E-state index contributed by atoms with van der Waals surface area (Å²) >= 11 is 16.7. The Morgan fingerprint density at radius 3 is 2.65 bits per heavy atom. The van der Waals surface area contributed by atoms with E-state index in [0.717, 1.165) is 9.35 Å². The Kier molecular flexibility index (Phi) is 4.31. The van der Waals surface area contributed by atoms with Gasteiger partial charge in [-0.05, 0) is 40.2 Å². The van der Waals surface area contributed by atoms with Crippen LogP contribution in [0.15, 0.2) is 28.7 Å². The predicted octanol–water partition coefficient (Wildman–Crippen LogP) is 5.57. The maximum Gasteiger partial charge on any atom is 0.124 e. The average Bonchev–Trinajstić information content (AvgIpc) is 2.57. The van der Waals surface area contributed by atoms with Gasteiger partial charge in [-0.2, -0.15) is 0 Å². The van der Waals surface area contributed by atoms with Crippen LogP contribution in [-0.4, -0.2) is 0 Å². The smallest absolute Gasteiger partial charge is 0.124 e. The van der Waals surface area contributed by atoms with Crippen LogP contribution < -0.4 is 5.32 Å². The van der Waals surface area contributed by atoms with Gasteiger partial charge in [-0.15, -0.1) is 11.3 Å². The highest BCUT2D eigenvalue weighted by atomic mass is 79.9. The minimum absolute atomic E-state index is 0.345. The second kappa shape index (κ2) is 5.57. The Hall–Kier alpha value is -0.290. The highest BCUT2D eigenvalue weighted by Gasteiger charge is 2.06. The molecule has 2 aromatic rings. The van der Waals surface area contributed by atoms with Gasteiger partial charge in [-0.1, -0.05) is 23.2 Å². The van der Waals surface area contributed by atoms with Crippen LogP contribution in [0.2, 0.25) is 9.36 Å². The van der Waals surface area contributed by atoms with Crippen LogP contribution >= 0.6 is 50.5 Å². The lowest BCUT2D eigenvalue weighted by Gasteiger charge is -2.06. The van der Waals surface area contributed by atoms with Crippen molar-refractivity contribution in [2.24, 2.45) is 0 Å². The SMILES string of the molecule is Fc1ccc(NCc2cc(Br)c(Cl)s2)c(Cl)c1. The van der Waals surface area contributed by atoms with Crippen molar-refractivity contribution in [3.05, 3.63) is 48.8 Å². The largest absolute Gasteiger partial charge is 0.379 e. The molecule has 1 aromatic heterocycles. The first-order valence-electron chi connectivity index (χ1n) is 4.69. The van der Waals surface area contributed by atoms with Crippen molar-refractivity contribution in [2.45, 2.75) is 6.54 Å². The molecule has 0 fully saturated rings. The van der Waals surface area contributed by atoms with Gasteiger partial charge in [0.25, 0.3) is 0 Å². The molecule has 6 heteroatoms. The molecule has 0 atom stereocenters. The van der Waals surface area contributed by atoms with E-state index in [2.05, 4.69) is 21.2 Å². The van der Waals surface area contributed by atoms with Crippen molar-refractivity contribution < 1.29 is 4.39 Å². The van der Waals surface area contributed by atoms with Crippen LogP contribution in [0, 0.1) is 5.82 Å². The summed E-state index contributed by atoms with van der Waals surface area (Å²) in [5, 5.41) is 3.50. The number of rotatable bonds is 3. The molecule has 0 spiro atoms. The van der Waals surface area contributed by atoms with Crippen LogP contribution in [-0.2, 0) is 6.54 Å². The molecule has 0 unspecified atom stereocenters. The van der Waals surface area contributed by atoms with Crippen LogP contribution in [0.1, 0.15) is 4.88 Å². The van der Waals surface area contributed by atoms with E-state index in [-0.39, 0.29) is 5.82 Å². The topological polar surface area (TPSA) is 12.0 Å². The van der Waals surface area contributed by atoms with E-state index >= 15 is 0 Å². The van der Waals surface area contributed by atoms with E-state index in [1.54, 1.807) is 6.07 Å². The van der Waals surface area contributed by atoms with Gasteiger partial charge in [0.2, 0.25) is 0 Å². The van der Waals surface area contributed by atoms with Crippen molar-refractivity contribution in [1.29, 1.82) is 0 Å². The first kappa shape index (κ1) is 13.1. The van der Waals surface area contributed by atoms with Crippen molar-refractivity contribution in [3.63, 3.8) is 0 Å². The average molecular weight is 355 g/mol. The minimum atomic E-state index is -0.345. The van der Waals surface area contributed by atoms with Gasteiger partial charge in [-0.3, -0.25) is 0 Å². The molecule has 0 saturated carbocycles. The van der Waals surface area contributed by atoms with Gasteiger partial charge in [-0.25, -0.2) is 4.39 Å². The van der Waals surface area contributed by atoms with Crippen molar-refractivity contribution in [3.8, 4) is 0 Å². The summed E-state index contributed by atoms with van der Waals surface area (Å²) in [6.45, 7) is 0.599. The molecule has 90 valence electrons. The first-order valence-corrected chi connectivity index (χ1v) is 7.05. The van der Waals surface area contributed by atoms with Crippen LogP contribution in [0.3, 0.4) is 0 Å². The van der Waals surface area contributed by atoms with Gasteiger partial charge in [0, 0.05) is 15.9 Å². The lowest BCUT2D eigenvalue weighted by atomic mass is 10.3. The standard InChI is InChI=1S/C11H7BrCl2FNS/c12-8-4-7(17-11(8)14)5-16-10-2-1-6(15)3-9(10)13/h1-4,16H,5H2. The number of thiophene rings is 1. The Balaban J connectivity index is 2.07. The zero-order chi connectivity index (χ0) is 12.4. The zero-order valence-electron chi connectivity index (χ0n) is 8.44. The number of halogens is 4. The van der Waals surface area contributed by atoms with E-state index in [4.69, 9.17) is 23.2 Å². The Bertz CT molecular complexity index is 525. The van der Waals surface area contributed by atoms with Gasteiger partial charge in [0.1, 0.15) is 10.2 Å². The number of benzene rings is 1. The van der Waals surface area contributed by atoms with Gasteiger partial charge >= 0.3 is 0 Å². The van der Waals surface area contributed by atoms with Crippen LogP contribution in [0.5, 0.6) is 0 Å². The summed E-state index contributed by atoms with van der Waals surface area (Å²) in [6, 6.07) is 6.20. The molecule has 1 nitrogen and oxygen atoms in total. The fraction of sp³-hybridized carbons (Fsp3) is 0.0909. The predicted molar refractivity (Wildman–Crippen MR) is 75.8 cm³/mol. The zero-order valence-corrected chi connectivity index (χ0v) is 12.4. The molecular weight excluding hydrogens is 348 g/mol. The quantitative estimate of drug-likeness (QED) is 0.759. The summed E-state index contributed by atoms with van der Waals surface area (Å²) in [7, 11) is 0. The molecule has 1 N–H and O–H groups in total. The molecule has 0 aliphatic carbocycles. The summed E-state index contributed by atoms with van der Waals surface area (Å²) in [4.78, 5) is 1.07. The number of hydrogen-bond acceptors (Lipinski definition) is 2. The second-order valence-corrected chi connectivity index (χ2v) is 6.31. The van der Waals surface area contributed by atoms with Gasteiger partial charge < -0.3 is 5.32 Å². The summed E-state index contributed by atoms with van der Waals surface area (Å²) in [5.74, 6) is -0.345. The molecular formula is C11H7BrCl2FNS. The van der Waals surface area contributed by atoms with Gasteiger partial charge in [0.05, 0.1) is 10.7 Å². The third-order valence-electron chi connectivity index (χ3n) is 2.08. The van der Waals surface area contributed by atoms with E-state index in [0.29, 0.717) is 21.6 Å². The molecule has 2 rings (SSSR count). The van der Waals surface area contributed by atoms with E-state index in [9.17, 15) is 4.39 Å². The molecule has 0 aliphatic rings. The lowest BCUT2D eigenvalue weighted by Crippen LogP contribution is -1.98. The van der Waals surface area contributed by atoms with Crippen molar-refractivity contribution in [1.82, 2.24) is 0 Å². The van der Waals surface area contributed by atoms with Crippen LogP contribution in [0.25, 0.3) is 0 Å². The lowest BCUT2D eigenvalue weighted by molar-refractivity contribution is 0.628. The first-order chi connectivity index (χ1) is 8.06. The van der Waals surface area contributed by atoms with E-state index < -0.39 is 0 Å². The number of anilines is 1. The maximum atomic E-state index is 12.8. The third-order valence-corrected chi connectivity index (χ3v) is 4.87. The third kappa shape index (κ3) is 3.35. The summed E-state index contributed by atoms with van der Waals surface area (Å²) < 4.78 is 14.4. The highest BCUT2D eigenvalue weighted by molar-refractivity contribution is 9.10. The fourth-order valence-electron chi connectivity index (χ4n) is 1.29. The second-order valence-electron chi connectivity index (χ2n) is 3.31. The molecule has 0 bridgehead atoms. The number of hydrogen-bond donors (Lipinski definition) is 1. The Labute approximate surface area is 121 Å². The Morgan fingerprint density at radius 1 is 1.29 bits per heavy atom. The molecule has 0 radical (unpaired) electrons.